The van der Waals surface area contributed by atoms with Crippen LogP contribution in [0.1, 0.15) is 18.4 Å². The fourth-order valence-corrected chi connectivity index (χ4v) is 2.69. The zero-order chi connectivity index (χ0) is 25.0. The molecule has 1 aromatic rings. The number of rotatable bonds is 14. The number of aliphatic carboxylic acids is 2. The van der Waals surface area contributed by atoms with Gasteiger partial charge in [0, 0.05) is 12.8 Å². The molecule has 1 aromatic carbocycles. The predicted molar refractivity (Wildman–Crippen MR) is 113 cm³/mol. The number of nitrogens with two attached hydrogens (primary N) is 1. The second kappa shape index (κ2) is 13.8. The predicted octanol–water partition coefficient (Wildman–Crippen LogP) is -3.06. The highest BCUT2D eigenvalue weighted by Gasteiger charge is 2.30. The largest absolute Gasteiger partial charge is 0.481 e. The van der Waals surface area contributed by atoms with E-state index in [1.54, 1.807) is 30.3 Å². The molecule has 0 radical (unpaired) electrons. The molecule has 0 aliphatic rings. The van der Waals surface area contributed by atoms with Gasteiger partial charge in [0.05, 0.1) is 13.2 Å². The summed E-state index contributed by atoms with van der Waals surface area (Å²) in [6.45, 7) is -1.62. The van der Waals surface area contributed by atoms with Gasteiger partial charge in [-0.15, -0.1) is 0 Å². The molecule has 182 valence electrons. The van der Waals surface area contributed by atoms with Crippen LogP contribution in [-0.2, 0) is 30.4 Å². The van der Waals surface area contributed by atoms with Gasteiger partial charge in [0.1, 0.15) is 24.2 Å². The summed E-state index contributed by atoms with van der Waals surface area (Å²) < 4.78 is 0. The summed E-state index contributed by atoms with van der Waals surface area (Å²) in [5.41, 5.74) is 6.00. The minimum absolute atomic E-state index is 0.0512. The summed E-state index contributed by atoms with van der Waals surface area (Å²) in [4.78, 5) is 59.4. The molecule has 4 unspecified atom stereocenters. The van der Waals surface area contributed by atoms with E-state index in [2.05, 4.69) is 16.0 Å². The number of carbonyl (C=O) groups excluding carboxylic acids is 3. The van der Waals surface area contributed by atoms with Gasteiger partial charge in [0.15, 0.2) is 0 Å². The second-order valence-corrected chi connectivity index (χ2v) is 7.12. The van der Waals surface area contributed by atoms with E-state index in [-0.39, 0.29) is 12.8 Å². The number of carboxylic acids is 2. The molecule has 0 aliphatic carbocycles. The molecule has 0 aromatic heterocycles. The third-order valence-corrected chi connectivity index (χ3v) is 4.53. The van der Waals surface area contributed by atoms with E-state index < -0.39 is 73.5 Å². The van der Waals surface area contributed by atoms with E-state index in [1.165, 1.54) is 0 Å². The standard InChI is InChI=1S/C20H28N4O9/c21-12(9-25)17(29)22-13(6-7-16(27)28)18(30)24-15(10-26)19(31)23-14(20(32)33)8-11-4-2-1-3-5-11/h1-5,12-15,25-26H,6-10,21H2,(H,22,29)(H,23,31)(H,24,30)(H,27,28)(H,32,33). The molecule has 3 amide bonds. The topological polar surface area (TPSA) is 228 Å². The molecule has 0 aliphatic heterocycles. The first kappa shape index (κ1) is 27.5. The molecule has 13 nitrogen and oxygen atoms in total. The quantitative estimate of drug-likeness (QED) is 0.137. The van der Waals surface area contributed by atoms with Gasteiger partial charge in [-0.1, -0.05) is 30.3 Å². The van der Waals surface area contributed by atoms with Crippen molar-refractivity contribution in [2.45, 2.75) is 43.4 Å². The van der Waals surface area contributed by atoms with Crippen molar-refractivity contribution in [3.05, 3.63) is 35.9 Å². The Morgan fingerprint density at radius 3 is 1.85 bits per heavy atom. The zero-order valence-electron chi connectivity index (χ0n) is 17.6. The minimum Gasteiger partial charge on any atom is -0.481 e. The summed E-state index contributed by atoms with van der Waals surface area (Å²) in [5, 5.41) is 43.3. The number of nitrogens with one attached hydrogen (secondary N) is 3. The number of carbonyl (C=O) groups is 5. The van der Waals surface area contributed by atoms with E-state index in [0.717, 1.165) is 0 Å². The summed E-state index contributed by atoms with van der Waals surface area (Å²) in [7, 11) is 0. The number of aliphatic hydroxyl groups excluding tert-OH is 2. The number of benzene rings is 1. The van der Waals surface area contributed by atoms with Crippen molar-refractivity contribution in [1.29, 1.82) is 0 Å². The molecule has 13 heteroatoms. The highest BCUT2D eigenvalue weighted by Crippen LogP contribution is 2.05. The van der Waals surface area contributed by atoms with Crippen molar-refractivity contribution in [1.82, 2.24) is 16.0 Å². The maximum absolute atomic E-state index is 12.6. The van der Waals surface area contributed by atoms with Crippen molar-refractivity contribution in [2.75, 3.05) is 13.2 Å². The fraction of sp³-hybridized carbons (Fsp3) is 0.450. The van der Waals surface area contributed by atoms with Crippen LogP contribution in [0.4, 0.5) is 0 Å². The van der Waals surface area contributed by atoms with Gasteiger partial charge in [-0.25, -0.2) is 4.79 Å². The number of carboxylic acid groups (broad SMARTS) is 2. The molecular formula is C20H28N4O9. The van der Waals surface area contributed by atoms with Crippen LogP contribution in [0.5, 0.6) is 0 Å². The molecular weight excluding hydrogens is 440 g/mol. The monoisotopic (exact) mass is 468 g/mol. The van der Waals surface area contributed by atoms with Gasteiger partial charge in [0.2, 0.25) is 17.7 Å². The first-order valence-electron chi connectivity index (χ1n) is 9.96. The molecule has 4 atom stereocenters. The van der Waals surface area contributed by atoms with Crippen molar-refractivity contribution in [3.63, 3.8) is 0 Å². The number of amides is 3. The first-order chi connectivity index (χ1) is 15.6. The van der Waals surface area contributed by atoms with Crippen molar-refractivity contribution < 1.29 is 44.4 Å². The maximum Gasteiger partial charge on any atom is 0.326 e. The van der Waals surface area contributed by atoms with Crippen molar-refractivity contribution in [3.8, 4) is 0 Å². The van der Waals surface area contributed by atoms with Crippen molar-refractivity contribution >= 4 is 29.7 Å². The molecule has 0 spiro atoms. The van der Waals surface area contributed by atoms with Crippen LogP contribution < -0.4 is 21.7 Å². The molecule has 0 fully saturated rings. The molecule has 9 N–H and O–H groups in total. The molecule has 33 heavy (non-hydrogen) atoms. The zero-order valence-corrected chi connectivity index (χ0v) is 17.6. The fourth-order valence-electron chi connectivity index (χ4n) is 2.69. The Morgan fingerprint density at radius 2 is 1.33 bits per heavy atom. The van der Waals surface area contributed by atoms with E-state index in [1.807, 2.05) is 0 Å². The van der Waals surface area contributed by atoms with Gasteiger partial charge in [-0.2, -0.15) is 0 Å². The maximum atomic E-state index is 12.6. The lowest BCUT2D eigenvalue weighted by Gasteiger charge is -2.24. The van der Waals surface area contributed by atoms with Gasteiger partial charge >= 0.3 is 11.9 Å². The SMILES string of the molecule is NC(CO)C(=O)NC(CCC(=O)O)C(=O)NC(CO)C(=O)NC(Cc1ccccc1)C(=O)O. The Kier molecular flexibility index (Phi) is 11.5. The third kappa shape index (κ3) is 9.64. The third-order valence-electron chi connectivity index (χ3n) is 4.53. The average Bonchev–Trinajstić information content (AvgIpc) is 2.78. The normalized spacial score (nSPS) is 14.3. The summed E-state index contributed by atoms with van der Waals surface area (Å²) in [6, 6.07) is 2.73. The van der Waals surface area contributed by atoms with E-state index in [4.69, 9.17) is 15.9 Å². The van der Waals surface area contributed by atoms with E-state index in [9.17, 15) is 34.2 Å². The van der Waals surface area contributed by atoms with Crippen LogP contribution >= 0.6 is 0 Å². The van der Waals surface area contributed by atoms with Gasteiger partial charge in [0.25, 0.3) is 0 Å². The van der Waals surface area contributed by atoms with Crippen LogP contribution in [0.25, 0.3) is 0 Å². The van der Waals surface area contributed by atoms with Crippen LogP contribution in [0.15, 0.2) is 30.3 Å². The van der Waals surface area contributed by atoms with Crippen LogP contribution in [0, 0.1) is 0 Å². The van der Waals surface area contributed by atoms with E-state index in [0.29, 0.717) is 5.56 Å². The number of hydrogen-bond donors (Lipinski definition) is 8. The van der Waals surface area contributed by atoms with Crippen LogP contribution in [-0.4, -0.2) is 87.5 Å². The number of aliphatic hydroxyl groups is 2. The Labute approximate surface area is 189 Å². The van der Waals surface area contributed by atoms with Crippen LogP contribution in [0.2, 0.25) is 0 Å². The Bertz CT molecular complexity index is 834. The highest BCUT2D eigenvalue weighted by atomic mass is 16.4. The van der Waals surface area contributed by atoms with Crippen LogP contribution in [0.3, 0.4) is 0 Å². The Balaban J connectivity index is 2.87. The Morgan fingerprint density at radius 1 is 0.788 bits per heavy atom. The molecule has 0 bridgehead atoms. The lowest BCUT2D eigenvalue weighted by molar-refractivity contribution is -0.142. The lowest BCUT2D eigenvalue weighted by atomic mass is 10.1. The second-order valence-electron chi connectivity index (χ2n) is 7.12. The number of hydrogen-bond acceptors (Lipinski definition) is 8. The summed E-state index contributed by atoms with van der Waals surface area (Å²) in [5.74, 6) is -5.51. The summed E-state index contributed by atoms with van der Waals surface area (Å²) >= 11 is 0. The van der Waals surface area contributed by atoms with Gasteiger partial charge in [-0.05, 0) is 12.0 Å². The van der Waals surface area contributed by atoms with Gasteiger partial charge in [-0.3, -0.25) is 19.2 Å². The van der Waals surface area contributed by atoms with Gasteiger partial charge < -0.3 is 42.1 Å². The highest BCUT2D eigenvalue weighted by molar-refractivity contribution is 5.94. The Hall–Kier alpha value is -3.55. The summed E-state index contributed by atoms with van der Waals surface area (Å²) in [6.07, 6.45) is -0.929. The molecule has 1 rings (SSSR count). The molecule has 0 heterocycles. The lowest BCUT2D eigenvalue weighted by Crippen LogP contribution is -2.58. The molecule has 0 saturated carbocycles. The van der Waals surface area contributed by atoms with Crippen molar-refractivity contribution in [2.24, 2.45) is 5.73 Å². The first-order valence-corrected chi connectivity index (χ1v) is 9.96. The van der Waals surface area contributed by atoms with E-state index >= 15 is 0 Å². The molecule has 0 saturated heterocycles. The smallest absolute Gasteiger partial charge is 0.326 e. The average molecular weight is 468 g/mol. The minimum atomic E-state index is -1.58.